The first-order valence-electron chi connectivity index (χ1n) is 10.4. The van der Waals surface area contributed by atoms with Gasteiger partial charge in [0.2, 0.25) is 5.82 Å². The third-order valence-electron chi connectivity index (χ3n) is 4.97. The fraction of sp³-hybridized carbons (Fsp3) is 0.0833. The van der Waals surface area contributed by atoms with Crippen LogP contribution in [0.15, 0.2) is 66.7 Å². The quantitative estimate of drug-likeness (QED) is 0.259. The lowest BCUT2D eigenvalue weighted by atomic mass is 10.2. The van der Waals surface area contributed by atoms with Gasteiger partial charge in [-0.15, -0.1) is 0 Å². The topological polar surface area (TPSA) is 108 Å². The number of hydrogen-bond donors (Lipinski definition) is 4. The number of hydrogen-bond acceptors (Lipinski definition) is 5. The number of urea groups is 1. The summed E-state index contributed by atoms with van der Waals surface area (Å²) >= 11 is 5.60. The number of anilines is 4. The average Bonchev–Trinajstić information content (AvgIpc) is 2.85. The van der Waals surface area contributed by atoms with Gasteiger partial charge in [0, 0.05) is 29.5 Å². The Balaban J connectivity index is 1.47. The summed E-state index contributed by atoms with van der Waals surface area (Å²) in [5.74, 6) is -0.0113. The predicted octanol–water partition coefficient (Wildman–Crippen LogP) is 6.05. The molecule has 8 nitrogen and oxygen atoms in total. The fourth-order valence-corrected chi connectivity index (χ4v) is 3.50. The number of amides is 3. The Morgan fingerprint density at radius 1 is 0.861 bits per heavy atom. The van der Waals surface area contributed by atoms with Crippen LogP contribution in [0.5, 0.6) is 0 Å². The van der Waals surface area contributed by atoms with E-state index in [0.717, 1.165) is 12.1 Å². The number of carbonyl (C=O) groups excluding carboxylic acids is 2. The zero-order valence-electron chi connectivity index (χ0n) is 18.6. The molecule has 0 radical (unpaired) electrons. The third kappa shape index (κ3) is 5.63. The summed E-state index contributed by atoms with van der Waals surface area (Å²) < 4.78 is 39.1. The van der Waals surface area contributed by atoms with Gasteiger partial charge in [0.1, 0.15) is 5.82 Å². The summed E-state index contributed by atoms with van der Waals surface area (Å²) in [7, 11) is 1.48. The summed E-state index contributed by atoms with van der Waals surface area (Å²) in [6.45, 7) is 0. The van der Waals surface area contributed by atoms with E-state index in [9.17, 15) is 22.8 Å². The van der Waals surface area contributed by atoms with Gasteiger partial charge in [-0.05, 0) is 54.6 Å². The molecule has 0 atom stereocenters. The zero-order valence-corrected chi connectivity index (χ0v) is 19.3. The van der Waals surface area contributed by atoms with Crippen molar-refractivity contribution in [2.75, 3.05) is 23.0 Å². The maximum atomic E-state index is 13.0. The molecule has 0 unspecified atom stereocenters. The summed E-state index contributed by atoms with van der Waals surface area (Å²) in [5, 5.41) is 10.8. The Bertz CT molecular complexity index is 1440. The van der Waals surface area contributed by atoms with Crippen LogP contribution >= 0.6 is 11.6 Å². The first-order chi connectivity index (χ1) is 17.1. The van der Waals surface area contributed by atoms with E-state index < -0.39 is 28.7 Å². The van der Waals surface area contributed by atoms with Gasteiger partial charge >= 0.3 is 12.2 Å². The molecule has 0 saturated carbocycles. The van der Waals surface area contributed by atoms with Crippen molar-refractivity contribution in [2.24, 2.45) is 0 Å². The van der Waals surface area contributed by atoms with Crippen LogP contribution < -0.4 is 21.3 Å². The molecule has 12 heteroatoms. The normalized spacial score (nSPS) is 11.1. The average molecular weight is 515 g/mol. The maximum absolute atomic E-state index is 13.0. The number of carbonyl (C=O) groups is 2. The molecule has 3 aromatic carbocycles. The standard InChI is InChI=1S/C24H18ClF3N6O2/c1-29-22(35)21-33-19-5-3-2-4-16(19)20(34-21)30-13-6-8-14(9-7-13)31-23(36)32-15-10-11-18(25)17(12-15)24(26,27)28/h2-12H,1H3,(H,29,35)(H,30,33,34)(H2,31,32,36). The van der Waals surface area contributed by atoms with Crippen LogP contribution in [0.25, 0.3) is 10.9 Å². The third-order valence-corrected chi connectivity index (χ3v) is 5.30. The van der Waals surface area contributed by atoms with E-state index in [-0.39, 0.29) is 11.5 Å². The molecule has 0 aliphatic carbocycles. The Morgan fingerprint density at radius 2 is 1.50 bits per heavy atom. The van der Waals surface area contributed by atoms with Crippen molar-refractivity contribution in [1.29, 1.82) is 0 Å². The number of fused-ring (bicyclic) bond motifs is 1. The smallest absolute Gasteiger partial charge is 0.352 e. The van der Waals surface area contributed by atoms with Crippen LogP contribution in [0, 0.1) is 0 Å². The Kier molecular flexibility index (Phi) is 6.93. The molecule has 184 valence electrons. The van der Waals surface area contributed by atoms with E-state index in [1.54, 1.807) is 36.4 Å². The molecule has 0 aliphatic rings. The molecular formula is C24H18ClF3N6O2. The Labute approximate surface area is 207 Å². The van der Waals surface area contributed by atoms with E-state index >= 15 is 0 Å². The second kappa shape index (κ2) is 10.1. The minimum atomic E-state index is -4.65. The fourth-order valence-electron chi connectivity index (χ4n) is 3.27. The van der Waals surface area contributed by atoms with Gasteiger partial charge in [0.05, 0.1) is 16.1 Å². The highest BCUT2D eigenvalue weighted by molar-refractivity contribution is 6.31. The predicted molar refractivity (Wildman–Crippen MR) is 132 cm³/mol. The van der Waals surface area contributed by atoms with Crippen molar-refractivity contribution in [3.8, 4) is 0 Å². The van der Waals surface area contributed by atoms with Crippen LogP contribution in [-0.2, 0) is 6.18 Å². The second-order valence-corrected chi connectivity index (χ2v) is 7.87. The van der Waals surface area contributed by atoms with E-state index in [4.69, 9.17) is 11.6 Å². The molecule has 3 amide bonds. The molecule has 1 heterocycles. The van der Waals surface area contributed by atoms with Crippen molar-refractivity contribution in [1.82, 2.24) is 15.3 Å². The number of para-hydroxylation sites is 1. The molecule has 4 aromatic rings. The lowest BCUT2D eigenvalue weighted by molar-refractivity contribution is -0.137. The first kappa shape index (κ1) is 24.7. The number of halogens is 4. The highest BCUT2D eigenvalue weighted by Crippen LogP contribution is 2.36. The molecule has 1 aromatic heterocycles. The van der Waals surface area contributed by atoms with Gasteiger partial charge in [0.25, 0.3) is 5.91 Å². The van der Waals surface area contributed by atoms with Gasteiger partial charge in [-0.1, -0.05) is 23.7 Å². The Morgan fingerprint density at radius 3 is 2.19 bits per heavy atom. The second-order valence-electron chi connectivity index (χ2n) is 7.47. The van der Waals surface area contributed by atoms with Gasteiger partial charge in [-0.25, -0.2) is 14.8 Å². The number of alkyl halides is 3. The molecule has 0 spiro atoms. The number of rotatable bonds is 5. The summed E-state index contributed by atoms with van der Waals surface area (Å²) in [6.07, 6.45) is -4.65. The van der Waals surface area contributed by atoms with Crippen LogP contribution in [0.2, 0.25) is 5.02 Å². The van der Waals surface area contributed by atoms with E-state index in [2.05, 4.69) is 31.2 Å². The molecular weight excluding hydrogens is 497 g/mol. The highest BCUT2D eigenvalue weighted by atomic mass is 35.5. The molecule has 4 rings (SSSR count). The number of nitrogens with one attached hydrogen (secondary N) is 4. The zero-order chi connectivity index (χ0) is 25.9. The first-order valence-corrected chi connectivity index (χ1v) is 10.8. The lowest BCUT2D eigenvalue weighted by Crippen LogP contribution is -2.21. The molecule has 36 heavy (non-hydrogen) atoms. The van der Waals surface area contributed by atoms with E-state index in [0.29, 0.717) is 28.1 Å². The van der Waals surface area contributed by atoms with Crippen LogP contribution in [-0.4, -0.2) is 29.0 Å². The van der Waals surface area contributed by atoms with Gasteiger partial charge in [-0.2, -0.15) is 13.2 Å². The minimum Gasteiger partial charge on any atom is -0.352 e. The van der Waals surface area contributed by atoms with Gasteiger partial charge < -0.3 is 21.3 Å². The summed E-state index contributed by atoms with van der Waals surface area (Å²) in [4.78, 5) is 32.9. The SMILES string of the molecule is CNC(=O)c1nc(Nc2ccc(NC(=O)Nc3ccc(Cl)c(C(F)(F)F)c3)cc2)c2ccccc2n1. The largest absolute Gasteiger partial charge is 0.417 e. The number of aromatic nitrogens is 2. The molecule has 4 N–H and O–H groups in total. The highest BCUT2D eigenvalue weighted by Gasteiger charge is 2.33. The summed E-state index contributed by atoms with van der Waals surface area (Å²) in [6, 6.07) is 16.1. The van der Waals surface area contributed by atoms with Crippen LogP contribution in [0.1, 0.15) is 16.2 Å². The van der Waals surface area contributed by atoms with Crippen molar-refractivity contribution in [3.05, 3.63) is 83.1 Å². The van der Waals surface area contributed by atoms with Crippen molar-refractivity contribution < 1.29 is 22.8 Å². The Hall–Kier alpha value is -4.38. The van der Waals surface area contributed by atoms with Crippen molar-refractivity contribution in [2.45, 2.75) is 6.18 Å². The lowest BCUT2D eigenvalue weighted by Gasteiger charge is -2.13. The minimum absolute atomic E-state index is 0.00420. The summed E-state index contributed by atoms with van der Waals surface area (Å²) in [5.41, 5.74) is 0.473. The molecule has 0 saturated heterocycles. The number of benzene rings is 3. The molecule has 0 aliphatic heterocycles. The van der Waals surface area contributed by atoms with Gasteiger partial charge in [0.15, 0.2) is 0 Å². The van der Waals surface area contributed by atoms with E-state index in [1.165, 1.54) is 13.1 Å². The number of nitrogens with zero attached hydrogens (tertiary/aromatic N) is 2. The van der Waals surface area contributed by atoms with Crippen molar-refractivity contribution >= 4 is 57.3 Å². The monoisotopic (exact) mass is 514 g/mol. The van der Waals surface area contributed by atoms with Crippen LogP contribution in [0.4, 0.5) is 40.8 Å². The van der Waals surface area contributed by atoms with Gasteiger partial charge in [-0.3, -0.25) is 4.79 Å². The molecule has 0 bridgehead atoms. The van der Waals surface area contributed by atoms with Crippen molar-refractivity contribution in [3.63, 3.8) is 0 Å². The van der Waals surface area contributed by atoms with E-state index in [1.807, 2.05) is 12.1 Å². The molecule has 0 fully saturated rings. The van der Waals surface area contributed by atoms with Crippen LogP contribution in [0.3, 0.4) is 0 Å². The maximum Gasteiger partial charge on any atom is 0.417 e.